The Kier molecular flexibility index (Phi) is 4.49. The predicted octanol–water partition coefficient (Wildman–Crippen LogP) is 2.04. The SMILES string of the molecule is C=CCN1C(=O)/C(=C/C(C)=C/c2ccco2)C(=O)NC1=S. The smallest absolute Gasteiger partial charge is 0.265 e. The third-order valence-corrected chi connectivity index (χ3v) is 3.11. The van der Waals surface area contributed by atoms with Crippen molar-refractivity contribution in [1.29, 1.82) is 0 Å². The minimum absolute atomic E-state index is 0.0331. The summed E-state index contributed by atoms with van der Waals surface area (Å²) in [5.74, 6) is -0.292. The lowest BCUT2D eigenvalue weighted by atomic mass is 10.1. The Balaban J connectivity index is 2.30. The fraction of sp³-hybridized carbons (Fsp3) is 0.133. The van der Waals surface area contributed by atoms with E-state index in [9.17, 15) is 9.59 Å². The summed E-state index contributed by atoms with van der Waals surface area (Å²) in [4.78, 5) is 25.5. The zero-order valence-corrected chi connectivity index (χ0v) is 12.3. The number of hydrogen-bond donors (Lipinski definition) is 1. The molecule has 0 atom stereocenters. The van der Waals surface area contributed by atoms with Crippen LogP contribution in [0.3, 0.4) is 0 Å². The summed E-state index contributed by atoms with van der Waals surface area (Å²) in [6.45, 7) is 5.59. The normalized spacial score (nSPS) is 18.1. The number of thiocarbonyl (C=S) groups is 1. The Hall–Kier alpha value is -2.47. The standard InChI is InChI=1S/C15H14N2O3S/c1-3-6-17-14(19)12(13(18)16-15(17)21)9-10(2)8-11-5-4-7-20-11/h3-5,7-9H,1,6H2,2H3,(H,16,18,21)/b10-8+,12-9+. The molecule has 1 N–H and O–H groups in total. The Morgan fingerprint density at radius 1 is 1.52 bits per heavy atom. The van der Waals surface area contributed by atoms with Crippen molar-refractivity contribution in [2.75, 3.05) is 6.54 Å². The summed E-state index contributed by atoms with van der Waals surface area (Å²) < 4.78 is 5.19. The lowest BCUT2D eigenvalue weighted by Gasteiger charge is -2.27. The molecule has 1 aromatic heterocycles. The van der Waals surface area contributed by atoms with Crippen LogP contribution in [0.25, 0.3) is 6.08 Å². The molecule has 0 unspecified atom stereocenters. The van der Waals surface area contributed by atoms with Gasteiger partial charge in [0.1, 0.15) is 11.3 Å². The maximum atomic E-state index is 12.3. The van der Waals surface area contributed by atoms with Crippen molar-refractivity contribution in [2.24, 2.45) is 0 Å². The van der Waals surface area contributed by atoms with E-state index in [1.807, 2.05) is 0 Å². The molecule has 0 aromatic carbocycles. The topological polar surface area (TPSA) is 62.6 Å². The van der Waals surface area contributed by atoms with E-state index in [-0.39, 0.29) is 17.2 Å². The highest BCUT2D eigenvalue weighted by atomic mass is 32.1. The first-order valence-electron chi connectivity index (χ1n) is 6.24. The molecular formula is C15H14N2O3S. The molecule has 0 radical (unpaired) electrons. The van der Waals surface area contributed by atoms with Gasteiger partial charge < -0.3 is 4.42 Å². The first-order chi connectivity index (χ1) is 10.0. The van der Waals surface area contributed by atoms with Gasteiger partial charge in [0.25, 0.3) is 11.8 Å². The summed E-state index contributed by atoms with van der Waals surface area (Å²) in [5, 5.41) is 2.58. The van der Waals surface area contributed by atoms with Crippen LogP contribution in [0.1, 0.15) is 12.7 Å². The Bertz CT molecular complexity index is 656. The highest BCUT2D eigenvalue weighted by Crippen LogP contribution is 2.15. The van der Waals surface area contributed by atoms with Gasteiger partial charge in [-0.15, -0.1) is 6.58 Å². The van der Waals surface area contributed by atoms with E-state index >= 15 is 0 Å². The van der Waals surface area contributed by atoms with Gasteiger partial charge in [-0.1, -0.05) is 6.08 Å². The van der Waals surface area contributed by atoms with Crippen molar-refractivity contribution < 1.29 is 14.0 Å². The number of carbonyl (C=O) groups excluding carboxylic acids is 2. The molecule has 2 heterocycles. The lowest BCUT2D eigenvalue weighted by Crippen LogP contribution is -2.53. The summed E-state index contributed by atoms with van der Waals surface area (Å²) in [5.41, 5.74) is 0.751. The minimum Gasteiger partial charge on any atom is -0.465 e. The average Bonchev–Trinajstić information content (AvgIpc) is 2.92. The minimum atomic E-state index is -0.502. The van der Waals surface area contributed by atoms with Gasteiger partial charge in [0.05, 0.1) is 6.26 Å². The summed E-state index contributed by atoms with van der Waals surface area (Å²) >= 11 is 4.98. The van der Waals surface area contributed by atoms with Crippen molar-refractivity contribution >= 4 is 35.2 Å². The van der Waals surface area contributed by atoms with Gasteiger partial charge in [-0.3, -0.25) is 19.8 Å². The molecule has 1 aliphatic heterocycles. The number of amides is 2. The zero-order chi connectivity index (χ0) is 15.4. The van der Waals surface area contributed by atoms with Crippen molar-refractivity contribution in [1.82, 2.24) is 10.2 Å². The second-order valence-electron chi connectivity index (χ2n) is 4.43. The predicted molar refractivity (Wildman–Crippen MR) is 83.1 cm³/mol. The van der Waals surface area contributed by atoms with Crippen LogP contribution < -0.4 is 5.32 Å². The largest absolute Gasteiger partial charge is 0.465 e. The van der Waals surface area contributed by atoms with Crippen molar-refractivity contribution in [3.8, 4) is 0 Å². The number of allylic oxidation sites excluding steroid dienone is 2. The van der Waals surface area contributed by atoms with E-state index in [1.165, 1.54) is 11.0 Å². The first kappa shape index (κ1) is 14.9. The highest BCUT2D eigenvalue weighted by Gasteiger charge is 2.32. The highest BCUT2D eigenvalue weighted by molar-refractivity contribution is 7.80. The molecule has 1 aliphatic rings. The van der Waals surface area contributed by atoms with E-state index in [0.29, 0.717) is 5.76 Å². The summed E-state index contributed by atoms with van der Waals surface area (Å²) in [6, 6.07) is 3.54. The molecule has 1 fully saturated rings. The monoisotopic (exact) mass is 302 g/mol. The van der Waals surface area contributed by atoms with Crippen molar-refractivity contribution in [3.63, 3.8) is 0 Å². The second kappa shape index (κ2) is 6.32. The van der Waals surface area contributed by atoms with Crippen LogP contribution in [0.15, 0.2) is 52.7 Å². The Labute approximate surface area is 127 Å². The van der Waals surface area contributed by atoms with Crippen LogP contribution in [0.4, 0.5) is 0 Å². The van der Waals surface area contributed by atoms with Crippen molar-refractivity contribution in [2.45, 2.75) is 6.92 Å². The molecule has 21 heavy (non-hydrogen) atoms. The number of nitrogens with one attached hydrogen (secondary N) is 1. The first-order valence-corrected chi connectivity index (χ1v) is 6.65. The number of carbonyl (C=O) groups is 2. The van der Waals surface area contributed by atoms with E-state index in [1.54, 1.807) is 37.5 Å². The molecule has 0 bridgehead atoms. The quantitative estimate of drug-likeness (QED) is 0.400. The average molecular weight is 302 g/mol. The molecule has 0 spiro atoms. The number of rotatable bonds is 4. The molecule has 0 saturated carbocycles. The Morgan fingerprint density at radius 3 is 2.90 bits per heavy atom. The summed E-state index contributed by atoms with van der Waals surface area (Å²) in [6.07, 6.45) is 6.34. The molecule has 5 nitrogen and oxygen atoms in total. The number of nitrogens with zero attached hydrogens (tertiary/aromatic N) is 1. The summed E-state index contributed by atoms with van der Waals surface area (Å²) in [7, 11) is 0. The molecule has 0 aliphatic carbocycles. The molecule has 1 aromatic rings. The molecule has 2 rings (SSSR count). The van der Waals surface area contributed by atoms with Gasteiger partial charge in [0, 0.05) is 6.54 Å². The van der Waals surface area contributed by atoms with E-state index in [2.05, 4.69) is 11.9 Å². The molecule has 6 heteroatoms. The third-order valence-electron chi connectivity index (χ3n) is 2.78. The van der Waals surface area contributed by atoms with Gasteiger partial charge in [0.15, 0.2) is 5.11 Å². The van der Waals surface area contributed by atoms with Crippen LogP contribution in [0.5, 0.6) is 0 Å². The van der Waals surface area contributed by atoms with Gasteiger partial charge in [-0.05, 0) is 49.0 Å². The van der Waals surface area contributed by atoms with Gasteiger partial charge >= 0.3 is 0 Å². The second-order valence-corrected chi connectivity index (χ2v) is 4.81. The van der Waals surface area contributed by atoms with E-state index in [4.69, 9.17) is 16.6 Å². The fourth-order valence-electron chi connectivity index (χ4n) is 1.86. The molecular weight excluding hydrogens is 288 g/mol. The zero-order valence-electron chi connectivity index (χ0n) is 11.5. The van der Waals surface area contributed by atoms with Crippen LogP contribution >= 0.6 is 12.2 Å². The van der Waals surface area contributed by atoms with Crippen molar-refractivity contribution in [3.05, 3.63) is 54.0 Å². The third kappa shape index (κ3) is 3.35. The number of furan rings is 1. The maximum Gasteiger partial charge on any atom is 0.265 e. The molecule has 108 valence electrons. The maximum absolute atomic E-state index is 12.3. The fourth-order valence-corrected chi connectivity index (χ4v) is 2.11. The Morgan fingerprint density at radius 2 is 2.29 bits per heavy atom. The van der Waals surface area contributed by atoms with Crippen LogP contribution in [-0.2, 0) is 9.59 Å². The van der Waals surface area contributed by atoms with Crippen LogP contribution in [0, 0.1) is 0 Å². The molecule has 2 amide bonds. The van der Waals surface area contributed by atoms with Gasteiger partial charge in [-0.25, -0.2) is 0 Å². The van der Waals surface area contributed by atoms with Gasteiger partial charge in [-0.2, -0.15) is 0 Å². The van der Waals surface area contributed by atoms with Crippen LogP contribution in [-0.4, -0.2) is 28.4 Å². The van der Waals surface area contributed by atoms with E-state index in [0.717, 1.165) is 5.57 Å². The van der Waals surface area contributed by atoms with Crippen LogP contribution in [0.2, 0.25) is 0 Å². The van der Waals surface area contributed by atoms with Gasteiger partial charge in [0.2, 0.25) is 0 Å². The molecule has 1 saturated heterocycles. The number of hydrogen-bond acceptors (Lipinski definition) is 4. The lowest BCUT2D eigenvalue weighted by molar-refractivity contribution is -0.128. The van der Waals surface area contributed by atoms with E-state index < -0.39 is 11.8 Å².